The first-order chi connectivity index (χ1) is 14.4. The van der Waals surface area contributed by atoms with Crippen LogP contribution in [0.3, 0.4) is 0 Å². The van der Waals surface area contributed by atoms with Crippen molar-refractivity contribution < 1.29 is 38.5 Å². The number of ether oxygens (including phenoxy) is 3. The van der Waals surface area contributed by atoms with Crippen LogP contribution in [0.4, 0.5) is 0 Å². The number of carbonyl (C=O) groups is 4. The number of unbranched alkanes of at least 4 members (excludes halogenated alkanes) is 8. The van der Waals surface area contributed by atoms with Crippen LogP contribution >= 0.6 is 0 Å². The normalized spacial score (nSPS) is 19.4. The molecule has 3 atom stereocenters. The van der Waals surface area contributed by atoms with Crippen molar-refractivity contribution in [3.63, 3.8) is 0 Å². The molecular formula is C22H36O8. The zero-order valence-electron chi connectivity index (χ0n) is 18.2. The van der Waals surface area contributed by atoms with Crippen LogP contribution in [0.25, 0.3) is 0 Å². The van der Waals surface area contributed by atoms with E-state index in [2.05, 4.69) is 13.8 Å². The van der Waals surface area contributed by atoms with E-state index in [9.17, 15) is 24.3 Å². The topological polar surface area (TPSA) is 116 Å². The van der Waals surface area contributed by atoms with Crippen molar-refractivity contribution in [2.75, 3.05) is 6.61 Å². The van der Waals surface area contributed by atoms with E-state index in [1.165, 1.54) is 0 Å². The van der Waals surface area contributed by atoms with Gasteiger partial charge in [-0.15, -0.1) is 0 Å². The number of carbonyl (C=O) groups excluding carboxylic acids is 4. The molecule has 172 valence electrons. The summed E-state index contributed by atoms with van der Waals surface area (Å²) in [7, 11) is 0. The molecule has 0 spiro atoms. The van der Waals surface area contributed by atoms with E-state index in [0.717, 1.165) is 51.4 Å². The SMILES string of the molecule is CCCCCCCC(=O)OC[C@H](OC(=O)CCCCCCC)[C@H]1OC(=O)C(O)C1=O. The van der Waals surface area contributed by atoms with Crippen molar-refractivity contribution in [2.45, 2.75) is 109 Å². The second-order valence-electron chi connectivity index (χ2n) is 7.70. The third kappa shape index (κ3) is 9.69. The van der Waals surface area contributed by atoms with Gasteiger partial charge in [0, 0.05) is 12.8 Å². The average molecular weight is 429 g/mol. The third-order valence-corrected chi connectivity index (χ3v) is 5.01. The average Bonchev–Trinajstić information content (AvgIpc) is 2.98. The number of cyclic esters (lactones) is 1. The predicted molar refractivity (Wildman–Crippen MR) is 108 cm³/mol. The monoisotopic (exact) mass is 428 g/mol. The smallest absolute Gasteiger partial charge is 0.343 e. The van der Waals surface area contributed by atoms with Crippen LogP contribution in [0.5, 0.6) is 0 Å². The van der Waals surface area contributed by atoms with Crippen LogP contribution in [-0.2, 0) is 33.4 Å². The molecule has 1 aliphatic rings. The zero-order chi connectivity index (χ0) is 22.4. The number of hydrogen-bond acceptors (Lipinski definition) is 8. The highest BCUT2D eigenvalue weighted by atomic mass is 16.6. The van der Waals surface area contributed by atoms with Crippen LogP contribution in [-0.4, -0.2) is 53.7 Å². The summed E-state index contributed by atoms with van der Waals surface area (Å²) in [5.41, 5.74) is 0. The Balaban J connectivity index is 2.53. The van der Waals surface area contributed by atoms with E-state index >= 15 is 0 Å². The standard InChI is InChI=1S/C22H36O8/c1-3-5-7-9-11-13-17(23)28-15-16(21-19(25)20(26)22(27)30-21)29-18(24)14-12-10-8-6-4-2/h16,20-21,26H,3-15H2,1-2H3/t16-,20?,21+/m0/s1. The molecule has 0 aromatic heterocycles. The molecule has 1 heterocycles. The quantitative estimate of drug-likeness (QED) is 0.173. The van der Waals surface area contributed by atoms with Crippen LogP contribution in [0, 0.1) is 0 Å². The van der Waals surface area contributed by atoms with Gasteiger partial charge in [0.05, 0.1) is 0 Å². The van der Waals surface area contributed by atoms with E-state index in [4.69, 9.17) is 14.2 Å². The van der Waals surface area contributed by atoms with E-state index in [0.29, 0.717) is 12.8 Å². The number of aliphatic hydroxyl groups is 1. The summed E-state index contributed by atoms with van der Waals surface area (Å²) >= 11 is 0. The van der Waals surface area contributed by atoms with Crippen LogP contribution < -0.4 is 0 Å². The molecule has 0 radical (unpaired) electrons. The van der Waals surface area contributed by atoms with Gasteiger partial charge in [-0.2, -0.15) is 0 Å². The van der Waals surface area contributed by atoms with Gasteiger partial charge >= 0.3 is 17.9 Å². The third-order valence-electron chi connectivity index (χ3n) is 5.01. The summed E-state index contributed by atoms with van der Waals surface area (Å²) in [5.74, 6) is -3.01. The van der Waals surface area contributed by atoms with Gasteiger partial charge in [-0.3, -0.25) is 14.4 Å². The Morgan fingerprint density at radius 2 is 1.43 bits per heavy atom. The highest BCUT2D eigenvalue weighted by molar-refractivity contribution is 6.09. The largest absolute Gasteiger partial charge is 0.462 e. The number of Topliss-reactive ketones (excluding diaryl/α,β-unsaturated/α-hetero) is 1. The van der Waals surface area contributed by atoms with Gasteiger partial charge < -0.3 is 19.3 Å². The molecule has 1 aliphatic heterocycles. The maximum atomic E-state index is 12.2. The molecule has 0 aromatic rings. The van der Waals surface area contributed by atoms with Gasteiger partial charge in [0.25, 0.3) is 0 Å². The number of esters is 3. The first-order valence-electron chi connectivity index (χ1n) is 11.2. The Morgan fingerprint density at radius 1 is 0.900 bits per heavy atom. The lowest BCUT2D eigenvalue weighted by Crippen LogP contribution is -2.41. The second-order valence-corrected chi connectivity index (χ2v) is 7.70. The highest BCUT2D eigenvalue weighted by Gasteiger charge is 2.48. The molecule has 8 heteroatoms. The summed E-state index contributed by atoms with van der Waals surface area (Å²) in [6, 6.07) is 0. The van der Waals surface area contributed by atoms with Gasteiger partial charge in [-0.05, 0) is 12.8 Å². The minimum Gasteiger partial charge on any atom is -0.462 e. The van der Waals surface area contributed by atoms with E-state index in [1.807, 2.05) is 0 Å². The molecule has 0 amide bonds. The Labute approximate surface area is 178 Å². The van der Waals surface area contributed by atoms with Crippen LogP contribution in [0.15, 0.2) is 0 Å². The van der Waals surface area contributed by atoms with Crippen molar-refractivity contribution >= 4 is 23.7 Å². The minimum atomic E-state index is -1.90. The van der Waals surface area contributed by atoms with Gasteiger partial charge in [0.15, 0.2) is 6.10 Å². The van der Waals surface area contributed by atoms with Gasteiger partial charge in [0.2, 0.25) is 18.0 Å². The molecule has 1 N–H and O–H groups in total. The molecule has 0 aliphatic carbocycles. The summed E-state index contributed by atoms with van der Waals surface area (Å²) in [6.07, 6.45) is 5.37. The Morgan fingerprint density at radius 3 is 1.93 bits per heavy atom. The summed E-state index contributed by atoms with van der Waals surface area (Å²) in [5, 5.41) is 9.54. The molecule has 0 aromatic carbocycles. The molecule has 1 unspecified atom stereocenters. The lowest BCUT2D eigenvalue weighted by Gasteiger charge is -2.21. The van der Waals surface area contributed by atoms with Gasteiger partial charge in [-0.25, -0.2) is 4.79 Å². The Hall–Kier alpha value is -1.96. The summed E-state index contributed by atoms with van der Waals surface area (Å²) in [4.78, 5) is 47.7. The predicted octanol–water partition coefficient (Wildman–Crippen LogP) is 3.02. The molecule has 8 nitrogen and oxygen atoms in total. The minimum absolute atomic E-state index is 0.156. The first kappa shape index (κ1) is 26.1. The maximum absolute atomic E-state index is 12.2. The summed E-state index contributed by atoms with van der Waals surface area (Å²) in [6.45, 7) is 3.81. The Kier molecular flexibility index (Phi) is 13.0. The second kappa shape index (κ2) is 14.9. The molecule has 30 heavy (non-hydrogen) atoms. The first-order valence-corrected chi connectivity index (χ1v) is 11.2. The van der Waals surface area contributed by atoms with Crippen LogP contribution in [0.2, 0.25) is 0 Å². The maximum Gasteiger partial charge on any atom is 0.343 e. The van der Waals surface area contributed by atoms with E-state index < -0.39 is 48.6 Å². The molecule has 1 rings (SSSR count). The number of ketones is 1. The van der Waals surface area contributed by atoms with Gasteiger partial charge in [-0.1, -0.05) is 65.2 Å². The lowest BCUT2D eigenvalue weighted by atomic mass is 10.1. The van der Waals surface area contributed by atoms with Crippen molar-refractivity contribution in [1.29, 1.82) is 0 Å². The highest BCUT2D eigenvalue weighted by Crippen LogP contribution is 2.19. The van der Waals surface area contributed by atoms with Crippen LogP contribution in [0.1, 0.15) is 90.9 Å². The molecular weight excluding hydrogens is 392 g/mol. The summed E-state index contributed by atoms with van der Waals surface area (Å²) < 4.78 is 15.3. The molecule has 1 saturated heterocycles. The molecule has 1 fully saturated rings. The van der Waals surface area contributed by atoms with Crippen molar-refractivity contribution in [1.82, 2.24) is 0 Å². The number of aliphatic hydroxyl groups excluding tert-OH is 1. The Bertz CT molecular complexity index is 559. The number of rotatable bonds is 16. The molecule has 0 saturated carbocycles. The van der Waals surface area contributed by atoms with E-state index in [1.54, 1.807) is 0 Å². The fourth-order valence-corrected chi connectivity index (χ4v) is 3.18. The zero-order valence-corrected chi connectivity index (χ0v) is 18.2. The van der Waals surface area contributed by atoms with Gasteiger partial charge in [0.1, 0.15) is 6.61 Å². The van der Waals surface area contributed by atoms with Crippen molar-refractivity contribution in [3.05, 3.63) is 0 Å². The van der Waals surface area contributed by atoms with E-state index in [-0.39, 0.29) is 12.8 Å². The number of hydrogen-bond donors (Lipinski definition) is 1. The van der Waals surface area contributed by atoms with Crippen molar-refractivity contribution in [2.24, 2.45) is 0 Å². The van der Waals surface area contributed by atoms with Crippen molar-refractivity contribution in [3.8, 4) is 0 Å². The fraction of sp³-hybridized carbons (Fsp3) is 0.818. The molecule has 0 bridgehead atoms. The lowest BCUT2D eigenvalue weighted by molar-refractivity contribution is -0.172. The fourth-order valence-electron chi connectivity index (χ4n) is 3.18.